The van der Waals surface area contributed by atoms with Gasteiger partial charge in [-0.1, -0.05) is 57.9 Å². The van der Waals surface area contributed by atoms with E-state index in [1.165, 1.54) is 30.4 Å². The minimum atomic E-state index is 0.217. The average Bonchev–Trinajstić information content (AvgIpc) is 2.63. The zero-order chi connectivity index (χ0) is 14.6. The van der Waals surface area contributed by atoms with Crippen LogP contribution in [0.4, 0.5) is 0 Å². The van der Waals surface area contributed by atoms with Crippen molar-refractivity contribution in [3.05, 3.63) is 35.4 Å². The van der Waals surface area contributed by atoms with Gasteiger partial charge in [0.05, 0.1) is 6.61 Å². The zero-order valence-corrected chi connectivity index (χ0v) is 13.2. The van der Waals surface area contributed by atoms with Crippen LogP contribution in [0.2, 0.25) is 0 Å². The van der Waals surface area contributed by atoms with Gasteiger partial charge in [0.25, 0.3) is 0 Å². The molecular formula is C18H29NO. The van der Waals surface area contributed by atoms with E-state index >= 15 is 0 Å². The minimum absolute atomic E-state index is 0.217. The number of benzene rings is 1. The topological polar surface area (TPSA) is 23.5 Å². The van der Waals surface area contributed by atoms with Crippen LogP contribution in [0, 0.1) is 0 Å². The van der Waals surface area contributed by atoms with Crippen molar-refractivity contribution in [1.82, 2.24) is 4.90 Å². The highest BCUT2D eigenvalue weighted by Crippen LogP contribution is 2.24. The van der Waals surface area contributed by atoms with Gasteiger partial charge < -0.3 is 5.11 Å². The quantitative estimate of drug-likeness (QED) is 0.909. The van der Waals surface area contributed by atoms with Crippen molar-refractivity contribution < 1.29 is 5.11 Å². The van der Waals surface area contributed by atoms with Gasteiger partial charge in [0.15, 0.2) is 0 Å². The maximum absolute atomic E-state index is 9.57. The summed E-state index contributed by atoms with van der Waals surface area (Å²) in [4.78, 5) is 2.46. The summed E-state index contributed by atoms with van der Waals surface area (Å²) in [5.74, 6) is 0. The first-order valence-electron chi connectivity index (χ1n) is 7.95. The number of likely N-dealkylation sites (tertiary alicyclic amines) is 1. The number of nitrogens with zero attached hydrogens (tertiary/aromatic N) is 1. The van der Waals surface area contributed by atoms with Crippen LogP contribution in [0.15, 0.2) is 24.3 Å². The highest BCUT2D eigenvalue weighted by molar-refractivity contribution is 5.27. The Hall–Kier alpha value is -0.860. The van der Waals surface area contributed by atoms with Crippen molar-refractivity contribution >= 4 is 0 Å². The lowest BCUT2D eigenvalue weighted by molar-refractivity contribution is 0.118. The fourth-order valence-electron chi connectivity index (χ4n) is 3.00. The Morgan fingerprint density at radius 2 is 1.80 bits per heavy atom. The van der Waals surface area contributed by atoms with Crippen molar-refractivity contribution in [1.29, 1.82) is 0 Å². The van der Waals surface area contributed by atoms with Crippen LogP contribution in [-0.2, 0) is 12.0 Å². The molecule has 1 heterocycles. The third kappa shape index (κ3) is 4.07. The Bertz CT molecular complexity index is 404. The summed E-state index contributed by atoms with van der Waals surface area (Å²) in [6.45, 7) is 9.12. The molecule has 2 nitrogen and oxygen atoms in total. The number of rotatable bonds is 3. The molecule has 1 aliphatic heterocycles. The normalized spacial score (nSPS) is 21.7. The van der Waals surface area contributed by atoms with Gasteiger partial charge in [0.2, 0.25) is 0 Å². The molecule has 0 saturated carbocycles. The Labute approximate surface area is 123 Å². The number of aliphatic hydroxyl groups is 1. The first-order valence-corrected chi connectivity index (χ1v) is 7.95. The summed E-state index contributed by atoms with van der Waals surface area (Å²) in [5, 5.41) is 9.57. The Balaban J connectivity index is 2.04. The van der Waals surface area contributed by atoms with E-state index in [4.69, 9.17) is 0 Å². The van der Waals surface area contributed by atoms with Crippen LogP contribution < -0.4 is 0 Å². The van der Waals surface area contributed by atoms with Gasteiger partial charge in [0, 0.05) is 12.6 Å². The lowest BCUT2D eigenvalue weighted by atomic mass is 9.87. The summed E-state index contributed by atoms with van der Waals surface area (Å²) in [6.07, 6.45) is 4.95. The molecule has 0 radical (unpaired) electrons. The van der Waals surface area contributed by atoms with E-state index in [2.05, 4.69) is 49.9 Å². The second-order valence-corrected chi connectivity index (χ2v) is 7.10. The van der Waals surface area contributed by atoms with Gasteiger partial charge in [-0.2, -0.15) is 0 Å². The van der Waals surface area contributed by atoms with Crippen LogP contribution in [-0.4, -0.2) is 29.2 Å². The van der Waals surface area contributed by atoms with E-state index in [0.717, 1.165) is 19.5 Å². The molecule has 20 heavy (non-hydrogen) atoms. The lowest BCUT2D eigenvalue weighted by Gasteiger charge is -2.28. The first kappa shape index (κ1) is 15.5. The van der Waals surface area contributed by atoms with Crippen LogP contribution in [0.1, 0.15) is 57.6 Å². The molecule has 1 aliphatic rings. The standard InChI is InChI=1S/C18H29NO/c1-18(2,3)16-10-8-15(9-11-16)13-19-12-6-4-5-7-17(19)14-20/h8-11,17,20H,4-7,12-14H2,1-3H3. The predicted molar refractivity (Wildman–Crippen MR) is 84.9 cm³/mol. The Morgan fingerprint density at radius 3 is 2.40 bits per heavy atom. The average molecular weight is 275 g/mol. The summed E-state index contributed by atoms with van der Waals surface area (Å²) >= 11 is 0. The number of aliphatic hydroxyl groups excluding tert-OH is 1. The summed E-state index contributed by atoms with van der Waals surface area (Å²) in [7, 11) is 0. The lowest BCUT2D eigenvalue weighted by Crippen LogP contribution is -2.36. The van der Waals surface area contributed by atoms with Gasteiger partial charge in [-0.25, -0.2) is 0 Å². The molecule has 0 amide bonds. The molecule has 0 spiro atoms. The SMILES string of the molecule is CC(C)(C)c1ccc(CN2CCCCCC2CO)cc1. The van der Waals surface area contributed by atoms with E-state index in [1.807, 2.05) is 0 Å². The zero-order valence-electron chi connectivity index (χ0n) is 13.2. The summed E-state index contributed by atoms with van der Waals surface area (Å²) < 4.78 is 0. The van der Waals surface area contributed by atoms with Crippen molar-refractivity contribution in [3.63, 3.8) is 0 Å². The smallest absolute Gasteiger partial charge is 0.0586 e. The summed E-state index contributed by atoms with van der Waals surface area (Å²) in [6, 6.07) is 9.35. The van der Waals surface area contributed by atoms with E-state index in [-0.39, 0.29) is 5.41 Å². The van der Waals surface area contributed by atoms with Crippen LogP contribution in [0.25, 0.3) is 0 Å². The number of hydrogen-bond acceptors (Lipinski definition) is 2. The number of hydrogen-bond donors (Lipinski definition) is 1. The molecule has 0 bridgehead atoms. The van der Waals surface area contributed by atoms with Crippen LogP contribution in [0.5, 0.6) is 0 Å². The molecule has 1 aromatic rings. The third-order valence-corrected chi connectivity index (χ3v) is 4.42. The first-order chi connectivity index (χ1) is 9.50. The van der Waals surface area contributed by atoms with Gasteiger partial charge in [-0.15, -0.1) is 0 Å². The van der Waals surface area contributed by atoms with Crippen molar-refractivity contribution in [2.24, 2.45) is 0 Å². The molecule has 2 heteroatoms. The minimum Gasteiger partial charge on any atom is -0.395 e. The molecule has 0 aromatic heterocycles. The van der Waals surface area contributed by atoms with Gasteiger partial charge in [0.1, 0.15) is 0 Å². The van der Waals surface area contributed by atoms with Crippen molar-refractivity contribution in [3.8, 4) is 0 Å². The summed E-state index contributed by atoms with van der Waals surface area (Å²) in [5.41, 5.74) is 2.96. The highest BCUT2D eigenvalue weighted by Gasteiger charge is 2.20. The molecule has 1 N–H and O–H groups in total. The monoisotopic (exact) mass is 275 g/mol. The predicted octanol–water partition coefficient (Wildman–Crippen LogP) is 3.72. The van der Waals surface area contributed by atoms with Gasteiger partial charge in [-0.3, -0.25) is 4.90 Å². The van der Waals surface area contributed by atoms with E-state index in [9.17, 15) is 5.11 Å². The largest absolute Gasteiger partial charge is 0.395 e. The van der Waals surface area contributed by atoms with Gasteiger partial charge >= 0.3 is 0 Å². The fourth-order valence-corrected chi connectivity index (χ4v) is 3.00. The molecule has 1 unspecified atom stereocenters. The molecule has 0 aliphatic carbocycles. The van der Waals surface area contributed by atoms with E-state index in [0.29, 0.717) is 12.6 Å². The van der Waals surface area contributed by atoms with Crippen molar-refractivity contribution in [2.45, 2.75) is 64.5 Å². The molecule has 2 rings (SSSR count). The van der Waals surface area contributed by atoms with Crippen molar-refractivity contribution in [2.75, 3.05) is 13.2 Å². The maximum atomic E-state index is 9.57. The third-order valence-electron chi connectivity index (χ3n) is 4.42. The van der Waals surface area contributed by atoms with Gasteiger partial charge in [-0.05, 0) is 35.9 Å². The van der Waals surface area contributed by atoms with Crippen LogP contribution >= 0.6 is 0 Å². The highest BCUT2D eigenvalue weighted by atomic mass is 16.3. The van der Waals surface area contributed by atoms with E-state index in [1.54, 1.807) is 0 Å². The molecule has 112 valence electrons. The second-order valence-electron chi connectivity index (χ2n) is 7.10. The maximum Gasteiger partial charge on any atom is 0.0586 e. The molecule has 1 aromatic carbocycles. The molecule has 1 saturated heterocycles. The Morgan fingerprint density at radius 1 is 1.10 bits per heavy atom. The second kappa shape index (κ2) is 6.73. The molecular weight excluding hydrogens is 246 g/mol. The Kier molecular flexibility index (Phi) is 5.22. The molecule has 1 atom stereocenters. The molecule has 1 fully saturated rings. The fraction of sp³-hybridized carbons (Fsp3) is 0.667. The van der Waals surface area contributed by atoms with E-state index < -0.39 is 0 Å². The van der Waals surface area contributed by atoms with Crippen LogP contribution in [0.3, 0.4) is 0 Å².